The third-order valence-corrected chi connectivity index (χ3v) is 16.7. The molecule has 5 unspecified atom stereocenters. The van der Waals surface area contributed by atoms with Gasteiger partial charge in [0, 0.05) is 19.3 Å². The first kappa shape index (κ1) is 92.9. The molecule has 0 rings (SSSR count). The van der Waals surface area contributed by atoms with Crippen LogP contribution in [0.3, 0.4) is 0 Å². The van der Waals surface area contributed by atoms with Gasteiger partial charge in [-0.05, 0) is 116 Å². The van der Waals surface area contributed by atoms with Gasteiger partial charge in [0.05, 0.1) is 32.8 Å². The van der Waals surface area contributed by atoms with Gasteiger partial charge in [0.25, 0.3) is 0 Å². The number of hydrogen-bond donors (Lipinski definition) is 3. The minimum absolute atomic E-state index is 0.0322. The Balaban J connectivity index is 5.45. The molecule has 17 nitrogen and oxygen atoms in total. The molecule has 0 aliphatic heterocycles. The molecule has 558 valence electrons. The zero-order chi connectivity index (χ0) is 71.8. The van der Waals surface area contributed by atoms with Crippen molar-refractivity contribution in [1.29, 1.82) is 0 Å². The largest absolute Gasteiger partial charge is 0.472 e. The van der Waals surface area contributed by atoms with E-state index in [1.54, 1.807) is 6.08 Å². The van der Waals surface area contributed by atoms with Crippen LogP contribution in [-0.2, 0) is 65.4 Å². The van der Waals surface area contributed by atoms with Crippen molar-refractivity contribution >= 4 is 39.5 Å². The molecule has 0 spiro atoms. The molecule has 0 radical (unpaired) electrons. The van der Waals surface area contributed by atoms with Gasteiger partial charge in [-0.2, -0.15) is 0 Å². The SMILES string of the molecule is CC/C=C\C/C=C\C/C=C\C/C=C\C/C=C\C/C=C\CCC(=O)OCC(COP(=O)(O)OCC(O)COP(=O)(O)OCC(COC(=O)C/C=C\C/C=C\C/C=C\C/C=C\C/C=C\CC)OC(=O)CCCCCCC/C=C\CCCCCC)OC(=O)CCCCCCCCCCCCC. The standard InChI is InChI=1S/C79H130O17P2/c1-5-9-13-17-21-25-29-32-34-35-36-37-39-42-45-48-52-56-60-64-77(82)89-69-74(95-78(83)65-61-57-53-49-43-28-24-20-16-12-8-4)71-93-97(85,86)91-67-73(80)68-92-98(87,88)94-72-75(96-79(84)66-62-58-54-50-46-40-31-27-23-19-15-11-7-3)70-90-76(81)63-59-55-51-47-44-41-38-33-30-26-22-18-14-10-6-2/h9-10,13-14,21-22,25-27,31-34,36-38,42,44-45,47,52,55-56,59,73-75,80H,5-8,11-12,15-20,23-24,28-30,35,39-41,43,46,48-51,53-54,57-58,60-72H2,1-4H3,(H,85,86)(H,87,88)/b13-9-,14-10-,25-21-,26-22-,31-27-,34-32-,37-36-,38-33-,45-42-,47-44-,56-52-,59-55-. The van der Waals surface area contributed by atoms with Crippen molar-refractivity contribution in [3.8, 4) is 0 Å². The summed E-state index contributed by atoms with van der Waals surface area (Å²) in [6.45, 7) is 4.38. The molecule has 0 heterocycles. The number of phosphoric ester groups is 2. The average molecular weight is 1410 g/mol. The monoisotopic (exact) mass is 1410 g/mol. The number of esters is 4. The van der Waals surface area contributed by atoms with Crippen LogP contribution >= 0.6 is 15.6 Å². The van der Waals surface area contributed by atoms with Crippen molar-refractivity contribution in [3.05, 3.63) is 146 Å². The molecule has 0 saturated carbocycles. The molecule has 0 aromatic heterocycles. The summed E-state index contributed by atoms with van der Waals surface area (Å²) in [7, 11) is -9.99. The Labute approximate surface area is 592 Å². The van der Waals surface area contributed by atoms with E-state index in [-0.39, 0.29) is 25.7 Å². The number of allylic oxidation sites excluding steroid dienone is 23. The highest BCUT2D eigenvalue weighted by Gasteiger charge is 2.30. The van der Waals surface area contributed by atoms with Crippen LogP contribution in [-0.4, -0.2) is 96.7 Å². The summed E-state index contributed by atoms with van der Waals surface area (Å²) in [5.74, 6) is -2.44. The van der Waals surface area contributed by atoms with E-state index in [1.165, 1.54) is 64.2 Å². The van der Waals surface area contributed by atoms with Crippen LogP contribution in [0, 0.1) is 0 Å². The quantitative estimate of drug-likeness (QED) is 0.0169. The third-order valence-electron chi connectivity index (χ3n) is 14.8. The Bertz CT molecular complexity index is 2430. The first-order valence-corrected chi connectivity index (χ1v) is 40.1. The Morgan fingerprint density at radius 2 is 0.592 bits per heavy atom. The average Bonchev–Trinajstić information content (AvgIpc) is 1.00. The van der Waals surface area contributed by atoms with Gasteiger partial charge in [-0.1, -0.05) is 276 Å². The molecule has 19 heteroatoms. The van der Waals surface area contributed by atoms with Gasteiger partial charge >= 0.3 is 39.5 Å². The zero-order valence-corrected chi connectivity index (χ0v) is 62.4. The molecular formula is C79H130O17P2. The second-order valence-electron chi connectivity index (χ2n) is 24.1. The van der Waals surface area contributed by atoms with E-state index in [0.29, 0.717) is 32.1 Å². The number of hydrogen-bond acceptors (Lipinski definition) is 15. The second kappa shape index (κ2) is 70.4. The Morgan fingerprint density at radius 1 is 0.306 bits per heavy atom. The van der Waals surface area contributed by atoms with Crippen LogP contribution in [0.5, 0.6) is 0 Å². The maximum atomic E-state index is 13.0. The summed E-state index contributed by atoms with van der Waals surface area (Å²) in [6, 6.07) is 0. The molecule has 0 aromatic carbocycles. The Kier molecular flexibility index (Phi) is 66.7. The van der Waals surface area contributed by atoms with E-state index in [2.05, 4.69) is 131 Å². The first-order chi connectivity index (χ1) is 47.7. The lowest BCUT2D eigenvalue weighted by Gasteiger charge is -2.21. The van der Waals surface area contributed by atoms with Crippen molar-refractivity contribution in [2.45, 2.75) is 290 Å². The normalized spacial score (nSPS) is 14.8. The third kappa shape index (κ3) is 69.4. The van der Waals surface area contributed by atoms with Gasteiger partial charge in [0.1, 0.15) is 19.3 Å². The number of aliphatic hydroxyl groups is 1. The molecule has 0 aliphatic rings. The molecular weight excluding hydrogens is 1280 g/mol. The number of carbonyl (C=O) groups excluding carboxylic acids is 4. The fraction of sp³-hybridized carbons (Fsp3) is 0.646. The summed E-state index contributed by atoms with van der Waals surface area (Å²) in [4.78, 5) is 72.6. The number of ether oxygens (including phenoxy) is 4. The van der Waals surface area contributed by atoms with Gasteiger partial charge in [-0.3, -0.25) is 37.3 Å². The summed E-state index contributed by atoms with van der Waals surface area (Å²) in [6.07, 6.45) is 79.0. The molecule has 0 saturated heterocycles. The summed E-state index contributed by atoms with van der Waals surface area (Å²) < 4.78 is 68.1. The van der Waals surface area contributed by atoms with Crippen molar-refractivity contribution < 1.29 is 80.2 Å². The number of rotatable bonds is 68. The van der Waals surface area contributed by atoms with E-state index in [0.717, 1.165) is 122 Å². The summed E-state index contributed by atoms with van der Waals surface area (Å²) in [5.41, 5.74) is 0. The van der Waals surface area contributed by atoms with Gasteiger partial charge in [-0.25, -0.2) is 9.13 Å². The summed E-state index contributed by atoms with van der Waals surface area (Å²) >= 11 is 0. The number of carbonyl (C=O) groups is 4. The lowest BCUT2D eigenvalue weighted by Crippen LogP contribution is -2.30. The van der Waals surface area contributed by atoms with E-state index >= 15 is 0 Å². The highest BCUT2D eigenvalue weighted by molar-refractivity contribution is 7.47. The minimum Gasteiger partial charge on any atom is -0.462 e. The minimum atomic E-state index is -5.00. The van der Waals surface area contributed by atoms with Gasteiger partial charge in [0.15, 0.2) is 12.2 Å². The summed E-state index contributed by atoms with van der Waals surface area (Å²) in [5, 5.41) is 10.6. The van der Waals surface area contributed by atoms with Gasteiger partial charge in [0.2, 0.25) is 0 Å². The van der Waals surface area contributed by atoms with Crippen LogP contribution in [0.15, 0.2) is 146 Å². The smallest absolute Gasteiger partial charge is 0.462 e. The maximum Gasteiger partial charge on any atom is 0.472 e. The van der Waals surface area contributed by atoms with Crippen molar-refractivity contribution in [1.82, 2.24) is 0 Å². The van der Waals surface area contributed by atoms with Crippen molar-refractivity contribution in [3.63, 3.8) is 0 Å². The molecule has 0 aromatic rings. The van der Waals surface area contributed by atoms with Gasteiger partial charge in [-0.15, -0.1) is 0 Å². The highest BCUT2D eigenvalue weighted by Crippen LogP contribution is 2.45. The topological polar surface area (TPSA) is 237 Å². The van der Waals surface area contributed by atoms with Crippen LogP contribution in [0.2, 0.25) is 0 Å². The van der Waals surface area contributed by atoms with Crippen LogP contribution in [0.4, 0.5) is 0 Å². The predicted octanol–water partition coefficient (Wildman–Crippen LogP) is 21.1. The number of aliphatic hydroxyl groups excluding tert-OH is 1. The fourth-order valence-electron chi connectivity index (χ4n) is 9.25. The van der Waals surface area contributed by atoms with Crippen molar-refractivity contribution in [2.75, 3.05) is 39.6 Å². The molecule has 5 atom stereocenters. The predicted molar refractivity (Wildman–Crippen MR) is 399 cm³/mol. The zero-order valence-electron chi connectivity index (χ0n) is 60.7. The number of phosphoric acid groups is 2. The lowest BCUT2D eigenvalue weighted by molar-refractivity contribution is -0.161. The molecule has 0 bridgehead atoms. The molecule has 0 fully saturated rings. The van der Waals surface area contributed by atoms with Crippen LogP contribution < -0.4 is 0 Å². The highest BCUT2D eigenvalue weighted by atomic mass is 31.2. The fourth-order valence-corrected chi connectivity index (χ4v) is 10.8. The Hall–Kier alpha value is -5.06. The molecule has 3 N–H and O–H groups in total. The van der Waals surface area contributed by atoms with Crippen LogP contribution in [0.1, 0.15) is 272 Å². The van der Waals surface area contributed by atoms with E-state index in [4.69, 9.17) is 37.0 Å². The molecule has 0 aliphatic carbocycles. The van der Waals surface area contributed by atoms with Gasteiger partial charge < -0.3 is 33.8 Å². The maximum absolute atomic E-state index is 13.0. The number of unbranched alkanes of at least 4 members (excludes halogenated alkanes) is 19. The Morgan fingerprint density at radius 3 is 0.959 bits per heavy atom. The lowest BCUT2D eigenvalue weighted by atomic mass is 10.1. The van der Waals surface area contributed by atoms with E-state index < -0.39 is 97.5 Å². The van der Waals surface area contributed by atoms with E-state index in [9.17, 15) is 43.2 Å². The molecule has 98 heavy (non-hydrogen) atoms. The first-order valence-electron chi connectivity index (χ1n) is 37.1. The van der Waals surface area contributed by atoms with E-state index in [1.807, 2.05) is 36.5 Å². The van der Waals surface area contributed by atoms with Crippen LogP contribution in [0.25, 0.3) is 0 Å². The van der Waals surface area contributed by atoms with Crippen molar-refractivity contribution in [2.24, 2.45) is 0 Å². The second-order valence-corrected chi connectivity index (χ2v) is 27.0. The molecule has 0 amide bonds.